The molecule has 4 rings (SSSR count). The molecule has 3 heterocycles. The third-order valence-electron chi connectivity index (χ3n) is 6.79. The number of amides is 2. The number of carbonyl (C=O) groups is 2. The Labute approximate surface area is 176 Å². The van der Waals surface area contributed by atoms with Crippen LogP contribution in [0.2, 0.25) is 0 Å². The topological polar surface area (TPSA) is 70.8 Å². The average molecular weight is 408 g/mol. The molecule has 6 nitrogen and oxygen atoms in total. The largest absolute Gasteiger partial charge is 0.427 e. The van der Waals surface area contributed by atoms with Gasteiger partial charge in [0.2, 0.25) is 5.91 Å². The summed E-state index contributed by atoms with van der Waals surface area (Å²) in [5.41, 5.74) is 1.87. The smallest absolute Gasteiger partial charge is 0.336 e. The quantitative estimate of drug-likeness (QED) is 0.780. The molecule has 2 fully saturated rings. The van der Waals surface area contributed by atoms with Gasteiger partial charge in [0.15, 0.2) is 0 Å². The number of rotatable bonds is 4. The lowest BCUT2D eigenvalue weighted by Gasteiger charge is -2.29. The highest BCUT2D eigenvalue weighted by atomic mass is 16.4. The molecule has 0 spiro atoms. The first-order valence-electron chi connectivity index (χ1n) is 10.5. The Morgan fingerprint density at radius 2 is 1.77 bits per heavy atom. The van der Waals surface area contributed by atoms with E-state index in [1.807, 2.05) is 28.0 Å². The number of nitrogens with zero attached hydrogens (tertiary/aromatic N) is 2. The van der Waals surface area contributed by atoms with Gasteiger partial charge in [-0.15, -0.1) is 0 Å². The van der Waals surface area contributed by atoms with E-state index < -0.39 is 5.63 Å². The number of carbonyl (C=O) groups excluding carboxylic acids is 2. The molecular weight excluding hydrogens is 380 g/mol. The van der Waals surface area contributed by atoms with E-state index in [0.717, 1.165) is 12.8 Å². The molecule has 2 atom stereocenters. The monoisotopic (exact) mass is 408 g/mol. The minimum Gasteiger partial charge on any atom is -0.427 e. The van der Waals surface area contributed by atoms with Crippen LogP contribution in [-0.2, 0) is 11.2 Å². The molecule has 0 unspecified atom stereocenters. The second-order valence-electron chi connectivity index (χ2n) is 8.81. The van der Waals surface area contributed by atoms with E-state index >= 15 is 0 Å². The zero-order chi connectivity index (χ0) is 21.5. The van der Waals surface area contributed by atoms with Crippen molar-refractivity contribution in [2.45, 2.75) is 33.6 Å². The van der Waals surface area contributed by atoms with Crippen molar-refractivity contribution in [1.29, 1.82) is 0 Å². The van der Waals surface area contributed by atoms with Gasteiger partial charge < -0.3 is 14.2 Å². The molecule has 0 N–H and O–H groups in total. The summed E-state index contributed by atoms with van der Waals surface area (Å²) in [6.07, 6.45) is 1.85. The molecule has 2 saturated heterocycles. The van der Waals surface area contributed by atoms with Gasteiger partial charge in [0.25, 0.3) is 5.91 Å². The lowest BCUT2D eigenvalue weighted by molar-refractivity contribution is -0.128. The lowest BCUT2D eigenvalue weighted by atomic mass is 9.76. The van der Waals surface area contributed by atoms with Crippen molar-refractivity contribution in [1.82, 2.24) is 9.80 Å². The summed E-state index contributed by atoms with van der Waals surface area (Å²) in [5, 5.41) is 0. The molecule has 2 aromatic rings. The maximum Gasteiger partial charge on any atom is 0.336 e. The molecule has 1 aromatic carbocycles. The van der Waals surface area contributed by atoms with E-state index in [4.69, 9.17) is 4.42 Å². The molecule has 0 aliphatic carbocycles. The summed E-state index contributed by atoms with van der Waals surface area (Å²) in [4.78, 5) is 40.8. The van der Waals surface area contributed by atoms with E-state index in [-0.39, 0.29) is 23.1 Å². The van der Waals surface area contributed by atoms with Crippen LogP contribution in [0.3, 0.4) is 0 Å². The SMILES string of the molecule is CC(=O)N1C[C@@H]2CN(C(=O)c3c(C)cc(=O)oc3C)C[C@]2(CCc2ccccc2)C1. The van der Waals surface area contributed by atoms with Gasteiger partial charge in [-0.05, 0) is 37.8 Å². The fraction of sp³-hybridized carbons (Fsp3) is 0.458. The van der Waals surface area contributed by atoms with Crippen LogP contribution in [0.4, 0.5) is 0 Å². The molecule has 0 bridgehead atoms. The Kier molecular flexibility index (Phi) is 5.26. The molecule has 2 amide bonds. The van der Waals surface area contributed by atoms with Crippen molar-refractivity contribution in [3.63, 3.8) is 0 Å². The van der Waals surface area contributed by atoms with Gasteiger partial charge in [0, 0.05) is 50.5 Å². The van der Waals surface area contributed by atoms with Gasteiger partial charge in [0.1, 0.15) is 5.76 Å². The molecule has 2 aliphatic rings. The molecule has 6 heteroatoms. The second kappa shape index (κ2) is 7.74. The number of hydrogen-bond donors (Lipinski definition) is 0. The van der Waals surface area contributed by atoms with E-state index in [2.05, 4.69) is 12.1 Å². The zero-order valence-corrected chi connectivity index (χ0v) is 17.8. The second-order valence-corrected chi connectivity index (χ2v) is 8.81. The van der Waals surface area contributed by atoms with Gasteiger partial charge in [-0.2, -0.15) is 0 Å². The lowest BCUT2D eigenvalue weighted by Crippen LogP contribution is -2.38. The van der Waals surface area contributed by atoms with Crippen molar-refractivity contribution in [3.8, 4) is 0 Å². The summed E-state index contributed by atoms with van der Waals surface area (Å²) in [5.74, 6) is 0.630. The Morgan fingerprint density at radius 3 is 2.43 bits per heavy atom. The summed E-state index contributed by atoms with van der Waals surface area (Å²) < 4.78 is 5.19. The maximum atomic E-state index is 13.3. The van der Waals surface area contributed by atoms with Crippen LogP contribution in [-0.4, -0.2) is 47.8 Å². The summed E-state index contributed by atoms with van der Waals surface area (Å²) in [6, 6.07) is 11.7. The predicted octanol–water partition coefficient (Wildman–Crippen LogP) is 2.81. The fourth-order valence-electron chi connectivity index (χ4n) is 5.20. The van der Waals surface area contributed by atoms with Crippen LogP contribution < -0.4 is 5.63 Å². The van der Waals surface area contributed by atoms with Crippen molar-refractivity contribution in [3.05, 3.63) is 69.3 Å². The average Bonchev–Trinajstić information content (AvgIpc) is 3.21. The maximum absolute atomic E-state index is 13.3. The molecule has 1 aromatic heterocycles. The first-order valence-corrected chi connectivity index (χ1v) is 10.5. The normalized spacial score (nSPS) is 23.0. The van der Waals surface area contributed by atoms with Crippen LogP contribution in [0.1, 0.15) is 40.6 Å². The molecule has 0 radical (unpaired) electrons. The highest BCUT2D eigenvalue weighted by Crippen LogP contribution is 2.46. The number of fused-ring (bicyclic) bond motifs is 1. The van der Waals surface area contributed by atoms with E-state index in [9.17, 15) is 14.4 Å². The third-order valence-corrected chi connectivity index (χ3v) is 6.79. The highest BCUT2D eigenvalue weighted by Gasteiger charge is 2.53. The highest BCUT2D eigenvalue weighted by molar-refractivity contribution is 5.96. The Hall–Kier alpha value is -2.89. The number of benzene rings is 1. The fourth-order valence-corrected chi connectivity index (χ4v) is 5.20. The summed E-state index contributed by atoms with van der Waals surface area (Å²) >= 11 is 0. The predicted molar refractivity (Wildman–Crippen MR) is 113 cm³/mol. The van der Waals surface area contributed by atoms with Gasteiger partial charge in [-0.3, -0.25) is 9.59 Å². The summed E-state index contributed by atoms with van der Waals surface area (Å²) in [6.45, 7) is 7.67. The van der Waals surface area contributed by atoms with Crippen LogP contribution in [0.25, 0.3) is 0 Å². The number of hydrogen-bond acceptors (Lipinski definition) is 4. The van der Waals surface area contributed by atoms with Crippen molar-refractivity contribution >= 4 is 11.8 Å². The van der Waals surface area contributed by atoms with E-state index in [1.165, 1.54) is 11.6 Å². The zero-order valence-electron chi connectivity index (χ0n) is 17.8. The Balaban J connectivity index is 1.58. The van der Waals surface area contributed by atoms with Crippen LogP contribution >= 0.6 is 0 Å². The van der Waals surface area contributed by atoms with Crippen LogP contribution in [0, 0.1) is 25.2 Å². The standard InChI is InChI=1S/C24H28N2O4/c1-16-11-21(28)30-17(2)22(16)23(29)26-13-20-12-25(18(3)27)14-24(20,15-26)10-9-19-7-5-4-6-8-19/h4-8,11,20H,9-10,12-15H2,1-3H3/t20-,24+/m1/s1. The van der Waals surface area contributed by atoms with Gasteiger partial charge >= 0.3 is 5.63 Å². The van der Waals surface area contributed by atoms with Gasteiger partial charge in [-0.25, -0.2) is 4.79 Å². The van der Waals surface area contributed by atoms with E-state index in [0.29, 0.717) is 43.1 Å². The number of likely N-dealkylation sites (tertiary alicyclic amines) is 2. The van der Waals surface area contributed by atoms with Crippen LogP contribution in [0.15, 0.2) is 45.6 Å². The molecular formula is C24H28N2O4. The van der Waals surface area contributed by atoms with E-state index in [1.54, 1.807) is 20.8 Å². The van der Waals surface area contributed by atoms with Gasteiger partial charge in [0.05, 0.1) is 5.56 Å². The van der Waals surface area contributed by atoms with Crippen molar-refractivity contribution in [2.75, 3.05) is 26.2 Å². The number of aryl methyl sites for hydroxylation is 3. The first kappa shape index (κ1) is 20.4. The van der Waals surface area contributed by atoms with Crippen molar-refractivity contribution in [2.24, 2.45) is 11.3 Å². The Morgan fingerprint density at radius 1 is 1.10 bits per heavy atom. The minimum atomic E-state index is -0.434. The van der Waals surface area contributed by atoms with Crippen molar-refractivity contribution < 1.29 is 14.0 Å². The minimum absolute atomic E-state index is 0.0865. The summed E-state index contributed by atoms with van der Waals surface area (Å²) in [7, 11) is 0. The Bertz CT molecular complexity index is 1000. The van der Waals surface area contributed by atoms with Gasteiger partial charge in [-0.1, -0.05) is 30.3 Å². The molecule has 158 valence electrons. The molecule has 30 heavy (non-hydrogen) atoms. The first-order chi connectivity index (χ1) is 14.3. The van der Waals surface area contributed by atoms with Crippen LogP contribution in [0.5, 0.6) is 0 Å². The third kappa shape index (κ3) is 3.66. The molecule has 2 aliphatic heterocycles. The molecule has 0 saturated carbocycles.